The summed E-state index contributed by atoms with van der Waals surface area (Å²) in [4.78, 5) is 10.9. The topological polar surface area (TPSA) is 37.3 Å². The number of aryl methyl sites for hydroxylation is 1. The Morgan fingerprint density at radius 2 is 2.00 bits per heavy atom. The van der Waals surface area contributed by atoms with Crippen molar-refractivity contribution in [3.05, 3.63) is 35.4 Å². The molecule has 0 spiro atoms. The monoisotopic (exact) mass is 298 g/mol. The van der Waals surface area contributed by atoms with Gasteiger partial charge in [-0.15, -0.1) is 0 Å². The first-order chi connectivity index (χ1) is 10.6. The molecule has 1 saturated carbocycles. The molecule has 1 aliphatic carbocycles. The number of carbonyl (C=O) groups excluding carboxylic acids is 1. The van der Waals surface area contributed by atoms with Crippen LogP contribution in [0.1, 0.15) is 69.4 Å². The molecule has 2 rings (SSSR count). The molecule has 22 heavy (non-hydrogen) atoms. The summed E-state index contributed by atoms with van der Waals surface area (Å²) >= 11 is 0. The fourth-order valence-corrected chi connectivity index (χ4v) is 2.96. The van der Waals surface area contributed by atoms with Gasteiger partial charge in [0.15, 0.2) is 0 Å². The van der Waals surface area contributed by atoms with Gasteiger partial charge in [-0.25, -0.2) is 0 Å². The van der Waals surface area contributed by atoms with Crippen molar-refractivity contribution in [2.24, 2.45) is 0 Å². The Labute approximate surface area is 133 Å². The highest BCUT2D eigenvalue weighted by atomic mass is 16.3. The fourth-order valence-electron chi connectivity index (χ4n) is 2.96. The van der Waals surface area contributed by atoms with Crippen LogP contribution >= 0.6 is 0 Å². The zero-order valence-corrected chi connectivity index (χ0v) is 13.5. The van der Waals surface area contributed by atoms with E-state index in [4.69, 9.17) is 0 Å². The number of carbonyl (C=O) groups is 1. The molecule has 1 N–H and O–H groups in total. The zero-order chi connectivity index (χ0) is 15.8. The van der Waals surface area contributed by atoms with E-state index in [2.05, 4.69) is 24.0 Å². The maximum Gasteiger partial charge on any atom is 0.129 e. The maximum atomic E-state index is 10.9. The first-order valence-corrected chi connectivity index (χ1v) is 8.41. The number of aliphatic hydroxyl groups is 1. The number of hydrogen-bond acceptors (Lipinski definition) is 2. The molecule has 0 heterocycles. The van der Waals surface area contributed by atoms with E-state index in [1.807, 2.05) is 12.1 Å². The van der Waals surface area contributed by atoms with Gasteiger partial charge in [0, 0.05) is 12.0 Å². The lowest BCUT2D eigenvalue weighted by atomic mass is 9.85. The van der Waals surface area contributed by atoms with E-state index >= 15 is 0 Å². The van der Waals surface area contributed by atoms with E-state index in [0.29, 0.717) is 6.42 Å². The van der Waals surface area contributed by atoms with Crippen molar-refractivity contribution in [1.29, 1.82) is 0 Å². The van der Waals surface area contributed by atoms with Crippen LogP contribution < -0.4 is 0 Å². The normalized spacial score (nSPS) is 16.6. The lowest BCUT2D eigenvalue weighted by Crippen LogP contribution is -2.29. The minimum atomic E-state index is -0.782. The molecule has 0 aromatic heterocycles. The zero-order valence-electron chi connectivity index (χ0n) is 13.5. The first-order valence-electron chi connectivity index (χ1n) is 8.41. The van der Waals surface area contributed by atoms with Crippen LogP contribution in [-0.2, 0) is 11.2 Å². The summed E-state index contributed by atoms with van der Waals surface area (Å²) in [5.41, 5.74) is 1.45. The van der Waals surface area contributed by atoms with Crippen LogP contribution in [0.5, 0.6) is 0 Å². The van der Waals surface area contributed by atoms with Crippen LogP contribution in [0, 0.1) is 11.8 Å². The molecule has 0 amide bonds. The van der Waals surface area contributed by atoms with Crippen molar-refractivity contribution < 1.29 is 9.90 Å². The van der Waals surface area contributed by atoms with Crippen molar-refractivity contribution in [3.8, 4) is 11.8 Å². The van der Waals surface area contributed by atoms with Crippen molar-refractivity contribution in [2.45, 2.75) is 70.3 Å². The van der Waals surface area contributed by atoms with Crippen LogP contribution in [0.3, 0.4) is 0 Å². The van der Waals surface area contributed by atoms with Gasteiger partial charge in [0.05, 0.1) is 0 Å². The van der Waals surface area contributed by atoms with E-state index in [9.17, 15) is 9.90 Å². The van der Waals surface area contributed by atoms with Gasteiger partial charge in [0.2, 0.25) is 0 Å². The largest absolute Gasteiger partial charge is 0.378 e. The number of unbranched alkanes of at least 4 members (excludes halogenated alkanes) is 1. The van der Waals surface area contributed by atoms with Crippen LogP contribution in [-0.4, -0.2) is 16.5 Å². The van der Waals surface area contributed by atoms with Gasteiger partial charge in [-0.05, 0) is 69.6 Å². The average molecular weight is 298 g/mol. The van der Waals surface area contributed by atoms with Gasteiger partial charge < -0.3 is 9.90 Å². The molecule has 1 aromatic rings. The second-order valence-corrected chi connectivity index (χ2v) is 6.45. The SMILES string of the molecule is CC(=O)CCCCc1cccc(C#CC2(O)CCCCC2)c1. The van der Waals surface area contributed by atoms with Crippen molar-refractivity contribution >= 4 is 5.78 Å². The Kier molecular flexibility index (Phi) is 6.21. The number of ketones is 1. The van der Waals surface area contributed by atoms with Crippen molar-refractivity contribution in [1.82, 2.24) is 0 Å². The van der Waals surface area contributed by atoms with E-state index in [1.54, 1.807) is 6.92 Å². The predicted molar refractivity (Wildman–Crippen MR) is 89.6 cm³/mol. The summed E-state index contributed by atoms with van der Waals surface area (Å²) in [6.45, 7) is 1.65. The van der Waals surface area contributed by atoms with Gasteiger partial charge in [-0.1, -0.05) is 30.4 Å². The van der Waals surface area contributed by atoms with Gasteiger partial charge in [0.1, 0.15) is 11.4 Å². The second kappa shape index (κ2) is 8.15. The number of benzene rings is 1. The van der Waals surface area contributed by atoms with Gasteiger partial charge in [-0.3, -0.25) is 0 Å². The van der Waals surface area contributed by atoms with E-state index < -0.39 is 5.60 Å². The lowest BCUT2D eigenvalue weighted by molar-refractivity contribution is -0.117. The summed E-state index contributed by atoms with van der Waals surface area (Å²) in [6, 6.07) is 8.23. The minimum absolute atomic E-state index is 0.264. The van der Waals surface area contributed by atoms with Gasteiger partial charge >= 0.3 is 0 Å². The molecule has 1 fully saturated rings. The maximum absolute atomic E-state index is 10.9. The van der Waals surface area contributed by atoms with E-state index in [1.165, 1.54) is 12.0 Å². The third-order valence-corrected chi connectivity index (χ3v) is 4.29. The van der Waals surface area contributed by atoms with Crippen LogP contribution in [0.25, 0.3) is 0 Å². The lowest BCUT2D eigenvalue weighted by Gasteiger charge is -2.26. The molecule has 0 unspecified atom stereocenters. The summed E-state index contributed by atoms with van der Waals surface area (Å²) in [6.07, 6.45) is 8.57. The molecule has 0 bridgehead atoms. The van der Waals surface area contributed by atoms with Gasteiger partial charge in [0.25, 0.3) is 0 Å². The highest BCUT2D eigenvalue weighted by molar-refractivity contribution is 5.75. The Morgan fingerprint density at radius 1 is 1.23 bits per heavy atom. The summed E-state index contributed by atoms with van der Waals surface area (Å²) in [5.74, 6) is 6.50. The Balaban J connectivity index is 1.92. The highest BCUT2D eigenvalue weighted by Crippen LogP contribution is 2.27. The third-order valence-electron chi connectivity index (χ3n) is 4.29. The molecule has 0 saturated heterocycles. The molecule has 0 radical (unpaired) electrons. The number of hydrogen-bond donors (Lipinski definition) is 1. The Bertz CT molecular complexity index is 557. The van der Waals surface area contributed by atoms with Crippen LogP contribution in [0.15, 0.2) is 24.3 Å². The smallest absolute Gasteiger partial charge is 0.129 e. The molecular formula is C20H26O2. The number of rotatable bonds is 5. The van der Waals surface area contributed by atoms with Crippen molar-refractivity contribution in [2.75, 3.05) is 0 Å². The van der Waals surface area contributed by atoms with Crippen LogP contribution in [0.4, 0.5) is 0 Å². The van der Waals surface area contributed by atoms with E-state index in [0.717, 1.165) is 50.5 Å². The Morgan fingerprint density at radius 3 is 2.73 bits per heavy atom. The molecule has 118 valence electrons. The van der Waals surface area contributed by atoms with Gasteiger partial charge in [-0.2, -0.15) is 0 Å². The molecule has 0 aliphatic heterocycles. The summed E-state index contributed by atoms with van der Waals surface area (Å²) in [7, 11) is 0. The standard InChI is InChI=1S/C20H26O2/c1-17(21)8-3-4-9-18-10-7-11-19(16-18)12-15-20(22)13-5-2-6-14-20/h7,10-11,16,22H,2-6,8-9,13-14H2,1H3. The average Bonchev–Trinajstić information content (AvgIpc) is 2.51. The predicted octanol–water partition coefficient (Wildman–Crippen LogP) is 4.04. The molecule has 2 nitrogen and oxygen atoms in total. The molecule has 1 aliphatic rings. The second-order valence-electron chi connectivity index (χ2n) is 6.45. The molecule has 2 heteroatoms. The molecule has 1 aromatic carbocycles. The number of Topliss-reactive ketones (excluding diaryl/α,β-unsaturated/α-hetero) is 1. The molecular weight excluding hydrogens is 272 g/mol. The third kappa shape index (κ3) is 5.66. The summed E-state index contributed by atoms with van der Waals surface area (Å²) in [5, 5.41) is 10.4. The first kappa shape index (κ1) is 16.8. The highest BCUT2D eigenvalue weighted by Gasteiger charge is 2.26. The quantitative estimate of drug-likeness (QED) is 0.658. The van der Waals surface area contributed by atoms with Crippen molar-refractivity contribution in [3.63, 3.8) is 0 Å². The Hall–Kier alpha value is -1.59. The van der Waals surface area contributed by atoms with E-state index in [-0.39, 0.29) is 5.78 Å². The van der Waals surface area contributed by atoms with Crippen LogP contribution in [0.2, 0.25) is 0 Å². The fraction of sp³-hybridized carbons (Fsp3) is 0.550. The minimum Gasteiger partial charge on any atom is -0.378 e. The molecule has 0 atom stereocenters. The summed E-state index contributed by atoms with van der Waals surface area (Å²) < 4.78 is 0.